The third-order valence-electron chi connectivity index (χ3n) is 3.27. The monoisotopic (exact) mass is 242 g/mol. The van der Waals surface area contributed by atoms with Crippen LogP contribution in [0.4, 0.5) is 0 Å². The number of aryl methyl sites for hydroxylation is 4. The Morgan fingerprint density at radius 3 is 2.44 bits per heavy atom. The molecule has 0 amide bonds. The van der Waals surface area contributed by atoms with Crippen molar-refractivity contribution in [3.63, 3.8) is 0 Å². The number of carbonyl (C=O) groups excluding carboxylic acids is 1. The third kappa shape index (κ3) is 2.67. The van der Waals surface area contributed by atoms with E-state index in [9.17, 15) is 4.79 Å². The molecule has 3 nitrogen and oxygen atoms in total. The molecule has 0 spiro atoms. The van der Waals surface area contributed by atoms with Crippen LogP contribution in [0.15, 0.2) is 24.3 Å². The molecule has 0 aliphatic heterocycles. The molecule has 2 rings (SSSR count). The van der Waals surface area contributed by atoms with Crippen LogP contribution < -0.4 is 0 Å². The molecule has 1 N–H and O–H groups in total. The first kappa shape index (κ1) is 12.6. The van der Waals surface area contributed by atoms with Gasteiger partial charge in [0.25, 0.3) is 0 Å². The van der Waals surface area contributed by atoms with E-state index >= 15 is 0 Å². The van der Waals surface area contributed by atoms with Gasteiger partial charge in [0.1, 0.15) is 0 Å². The largest absolute Gasteiger partial charge is 0.298 e. The van der Waals surface area contributed by atoms with E-state index in [2.05, 4.69) is 41.4 Å². The van der Waals surface area contributed by atoms with Gasteiger partial charge in [-0.25, -0.2) is 0 Å². The zero-order chi connectivity index (χ0) is 13.0. The molecule has 0 bridgehead atoms. The number of nitrogens with zero attached hydrogens (tertiary/aromatic N) is 1. The predicted octanol–water partition coefficient (Wildman–Crippen LogP) is 2.88. The minimum atomic E-state index is 0.708. The molecule has 0 aliphatic carbocycles. The summed E-state index contributed by atoms with van der Waals surface area (Å²) in [6.07, 6.45) is 3.65. The van der Waals surface area contributed by atoms with Gasteiger partial charge in [-0.05, 0) is 37.3 Å². The van der Waals surface area contributed by atoms with Gasteiger partial charge >= 0.3 is 0 Å². The Bertz CT molecular complexity index is 526. The molecule has 1 aromatic carbocycles. The summed E-state index contributed by atoms with van der Waals surface area (Å²) >= 11 is 0. The second kappa shape index (κ2) is 5.63. The molecule has 2 aromatic rings. The fourth-order valence-corrected chi connectivity index (χ4v) is 2.04. The van der Waals surface area contributed by atoms with E-state index in [0.717, 1.165) is 36.9 Å². The minimum Gasteiger partial charge on any atom is -0.298 e. The summed E-state index contributed by atoms with van der Waals surface area (Å²) in [6.45, 7) is 4.02. The van der Waals surface area contributed by atoms with E-state index in [1.807, 2.05) is 6.92 Å². The lowest BCUT2D eigenvalue weighted by atomic mass is 10.0. The number of carbonyl (C=O) groups is 1. The highest BCUT2D eigenvalue weighted by molar-refractivity contribution is 5.78. The lowest BCUT2D eigenvalue weighted by molar-refractivity contribution is 0.112. The van der Waals surface area contributed by atoms with Crippen molar-refractivity contribution in [3.8, 4) is 0 Å². The Hall–Kier alpha value is -1.90. The number of nitrogens with one attached hydrogen (secondary N) is 1. The molecule has 0 unspecified atom stereocenters. The lowest BCUT2D eigenvalue weighted by Crippen LogP contribution is -1.96. The molecular weight excluding hydrogens is 224 g/mol. The predicted molar refractivity (Wildman–Crippen MR) is 71.9 cm³/mol. The van der Waals surface area contributed by atoms with Crippen LogP contribution in [0.2, 0.25) is 0 Å². The number of benzene rings is 1. The SMILES string of the molecule is CCc1ccc(CCc2n[nH]c(C)c2C=O)cc1. The van der Waals surface area contributed by atoms with E-state index in [1.165, 1.54) is 11.1 Å². The van der Waals surface area contributed by atoms with Crippen LogP contribution >= 0.6 is 0 Å². The topological polar surface area (TPSA) is 45.8 Å². The van der Waals surface area contributed by atoms with Crippen LogP contribution in [0.3, 0.4) is 0 Å². The number of rotatable bonds is 5. The fourth-order valence-electron chi connectivity index (χ4n) is 2.04. The number of hydrogen-bond donors (Lipinski definition) is 1. The summed E-state index contributed by atoms with van der Waals surface area (Å²) in [6, 6.07) is 8.62. The van der Waals surface area contributed by atoms with Crippen LogP contribution in [0, 0.1) is 6.92 Å². The summed E-state index contributed by atoms with van der Waals surface area (Å²) in [5, 5.41) is 7.04. The summed E-state index contributed by atoms with van der Waals surface area (Å²) in [5.41, 5.74) is 5.05. The van der Waals surface area contributed by atoms with Crippen molar-refractivity contribution in [3.05, 3.63) is 52.3 Å². The van der Waals surface area contributed by atoms with E-state index in [0.29, 0.717) is 5.56 Å². The molecular formula is C15H18N2O. The fraction of sp³-hybridized carbons (Fsp3) is 0.333. The molecule has 0 saturated carbocycles. The summed E-state index contributed by atoms with van der Waals surface area (Å²) in [7, 11) is 0. The zero-order valence-corrected chi connectivity index (χ0v) is 10.9. The van der Waals surface area contributed by atoms with Crippen molar-refractivity contribution < 1.29 is 4.79 Å². The maximum absolute atomic E-state index is 10.9. The smallest absolute Gasteiger partial charge is 0.153 e. The van der Waals surface area contributed by atoms with Gasteiger partial charge in [-0.2, -0.15) is 5.10 Å². The minimum absolute atomic E-state index is 0.708. The second-order valence-electron chi connectivity index (χ2n) is 4.50. The van der Waals surface area contributed by atoms with Gasteiger partial charge in [0, 0.05) is 5.69 Å². The van der Waals surface area contributed by atoms with Crippen molar-refractivity contribution in [1.82, 2.24) is 10.2 Å². The van der Waals surface area contributed by atoms with Gasteiger partial charge in [0.05, 0.1) is 11.3 Å². The quantitative estimate of drug-likeness (QED) is 0.819. The first-order chi connectivity index (χ1) is 8.74. The number of aldehydes is 1. The summed E-state index contributed by atoms with van der Waals surface area (Å²) in [5.74, 6) is 0. The van der Waals surface area contributed by atoms with Gasteiger partial charge < -0.3 is 0 Å². The van der Waals surface area contributed by atoms with Gasteiger partial charge in [0.2, 0.25) is 0 Å². The molecule has 18 heavy (non-hydrogen) atoms. The first-order valence-corrected chi connectivity index (χ1v) is 6.31. The van der Waals surface area contributed by atoms with Crippen molar-refractivity contribution in [2.45, 2.75) is 33.1 Å². The van der Waals surface area contributed by atoms with E-state index in [1.54, 1.807) is 0 Å². The highest BCUT2D eigenvalue weighted by atomic mass is 16.1. The van der Waals surface area contributed by atoms with Crippen LogP contribution in [0.25, 0.3) is 0 Å². The number of H-pyrrole nitrogens is 1. The highest BCUT2D eigenvalue weighted by Crippen LogP contribution is 2.12. The molecule has 3 heteroatoms. The molecule has 0 radical (unpaired) electrons. The van der Waals surface area contributed by atoms with Gasteiger partial charge in [-0.1, -0.05) is 31.2 Å². The summed E-state index contributed by atoms with van der Waals surface area (Å²) in [4.78, 5) is 10.9. The second-order valence-corrected chi connectivity index (χ2v) is 4.50. The van der Waals surface area contributed by atoms with Crippen LogP contribution in [0.5, 0.6) is 0 Å². The van der Waals surface area contributed by atoms with Gasteiger partial charge in [-0.3, -0.25) is 9.89 Å². The van der Waals surface area contributed by atoms with Crippen LogP contribution in [-0.2, 0) is 19.3 Å². The van der Waals surface area contributed by atoms with Crippen LogP contribution in [0.1, 0.15) is 39.8 Å². The Labute approximate surface area is 107 Å². The number of aromatic amines is 1. The van der Waals surface area contributed by atoms with Crippen molar-refractivity contribution in [2.24, 2.45) is 0 Å². The number of hydrogen-bond acceptors (Lipinski definition) is 2. The normalized spacial score (nSPS) is 10.6. The maximum atomic E-state index is 10.9. The van der Waals surface area contributed by atoms with Gasteiger partial charge in [0.15, 0.2) is 6.29 Å². The van der Waals surface area contributed by atoms with E-state index in [4.69, 9.17) is 0 Å². The average Bonchev–Trinajstić information content (AvgIpc) is 2.77. The molecule has 0 atom stereocenters. The molecule has 0 aliphatic rings. The Morgan fingerprint density at radius 2 is 1.83 bits per heavy atom. The lowest BCUT2D eigenvalue weighted by Gasteiger charge is -2.02. The van der Waals surface area contributed by atoms with Crippen molar-refractivity contribution in [1.29, 1.82) is 0 Å². The van der Waals surface area contributed by atoms with E-state index in [-0.39, 0.29) is 0 Å². The van der Waals surface area contributed by atoms with E-state index < -0.39 is 0 Å². The molecule has 94 valence electrons. The first-order valence-electron chi connectivity index (χ1n) is 6.31. The molecule has 0 saturated heterocycles. The maximum Gasteiger partial charge on any atom is 0.153 e. The molecule has 1 aromatic heterocycles. The Balaban J connectivity index is 2.04. The Morgan fingerprint density at radius 1 is 1.17 bits per heavy atom. The molecule has 0 fully saturated rings. The zero-order valence-electron chi connectivity index (χ0n) is 10.9. The number of aromatic nitrogens is 2. The summed E-state index contributed by atoms with van der Waals surface area (Å²) < 4.78 is 0. The Kier molecular flexibility index (Phi) is 3.92. The van der Waals surface area contributed by atoms with Gasteiger partial charge in [-0.15, -0.1) is 0 Å². The highest BCUT2D eigenvalue weighted by Gasteiger charge is 2.08. The van der Waals surface area contributed by atoms with Crippen molar-refractivity contribution in [2.75, 3.05) is 0 Å². The molecule has 1 heterocycles. The average molecular weight is 242 g/mol. The van der Waals surface area contributed by atoms with Crippen LogP contribution in [-0.4, -0.2) is 16.5 Å². The third-order valence-corrected chi connectivity index (χ3v) is 3.27. The standard InChI is InChI=1S/C15H18N2O/c1-3-12-4-6-13(7-5-12)8-9-15-14(10-18)11(2)16-17-15/h4-7,10H,3,8-9H2,1-2H3,(H,16,17). The van der Waals surface area contributed by atoms with Crippen molar-refractivity contribution >= 4 is 6.29 Å².